The van der Waals surface area contributed by atoms with Crippen LogP contribution in [-0.2, 0) is 9.59 Å². The van der Waals surface area contributed by atoms with Crippen LogP contribution in [0.4, 0.5) is 15.8 Å². The Balaban J connectivity index is 1.69. The maximum Gasteiger partial charge on any atom is 0.261 e. The molecule has 0 aliphatic carbocycles. The molecular formula is C28H23FN2O5. The lowest BCUT2D eigenvalue weighted by Crippen LogP contribution is -2.25. The number of furan rings is 1. The molecule has 3 aromatic carbocycles. The molecule has 2 amide bonds. The van der Waals surface area contributed by atoms with Gasteiger partial charge in [-0.05, 0) is 54.6 Å². The zero-order chi connectivity index (χ0) is 25.5. The molecule has 36 heavy (non-hydrogen) atoms. The molecule has 1 aromatic heterocycles. The first kappa shape index (κ1) is 24.3. The van der Waals surface area contributed by atoms with E-state index in [-0.39, 0.29) is 22.7 Å². The number of nitrogens with one attached hydrogen (secondary N) is 2. The van der Waals surface area contributed by atoms with Crippen molar-refractivity contribution in [3.8, 4) is 22.8 Å². The molecule has 1 heterocycles. The number of hydrogen-bond donors (Lipinski definition) is 2. The fourth-order valence-electron chi connectivity index (χ4n) is 3.49. The Hall–Kier alpha value is -4.85. The maximum absolute atomic E-state index is 14.2. The first-order chi connectivity index (χ1) is 17.5. The summed E-state index contributed by atoms with van der Waals surface area (Å²) < 4.78 is 30.5. The normalized spacial score (nSPS) is 10.3. The van der Waals surface area contributed by atoms with Gasteiger partial charge < -0.3 is 24.5 Å². The summed E-state index contributed by atoms with van der Waals surface area (Å²) in [4.78, 5) is 26.5. The number of amides is 2. The minimum absolute atomic E-state index is 0.189. The van der Waals surface area contributed by atoms with E-state index in [9.17, 15) is 14.0 Å². The summed E-state index contributed by atoms with van der Waals surface area (Å²) in [5, 5.41) is 5.40. The third kappa shape index (κ3) is 5.44. The highest BCUT2D eigenvalue weighted by Gasteiger charge is 2.22. The minimum atomic E-state index is -0.698. The van der Waals surface area contributed by atoms with Crippen molar-refractivity contribution in [2.24, 2.45) is 0 Å². The smallest absolute Gasteiger partial charge is 0.261 e. The largest absolute Gasteiger partial charge is 0.495 e. The summed E-state index contributed by atoms with van der Waals surface area (Å²) in [6.45, 7) is 0. The molecule has 0 bridgehead atoms. The molecule has 8 heteroatoms. The molecule has 2 N–H and O–H groups in total. The molecule has 0 fully saturated rings. The average Bonchev–Trinajstić information content (AvgIpc) is 3.36. The molecule has 0 unspecified atom stereocenters. The lowest BCUT2D eigenvalue weighted by atomic mass is 10.1. The average molecular weight is 486 g/mol. The minimum Gasteiger partial charge on any atom is -0.495 e. The van der Waals surface area contributed by atoms with Crippen LogP contribution in [0.15, 0.2) is 94.9 Å². The first-order valence-electron chi connectivity index (χ1n) is 11.0. The Bertz CT molecular complexity index is 1360. The summed E-state index contributed by atoms with van der Waals surface area (Å²) >= 11 is 0. The van der Waals surface area contributed by atoms with Crippen LogP contribution < -0.4 is 20.1 Å². The van der Waals surface area contributed by atoms with Crippen LogP contribution in [0.5, 0.6) is 11.5 Å². The molecule has 4 aromatic rings. The molecule has 0 aliphatic heterocycles. The van der Waals surface area contributed by atoms with Crippen molar-refractivity contribution < 1.29 is 27.9 Å². The zero-order valence-electron chi connectivity index (χ0n) is 19.6. The predicted molar refractivity (Wildman–Crippen MR) is 135 cm³/mol. The predicted octanol–water partition coefficient (Wildman–Crippen LogP) is 5.76. The van der Waals surface area contributed by atoms with Crippen molar-refractivity contribution in [3.05, 3.63) is 102 Å². The summed E-state index contributed by atoms with van der Waals surface area (Å²) in [5.74, 6) is -0.551. The fourth-order valence-corrected chi connectivity index (χ4v) is 3.49. The van der Waals surface area contributed by atoms with Crippen LogP contribution in [0.3, 0.4) is 0 Å². The van der Waals surface area contributed by atoms with E-state index < -0.39 is 17.6 Å². The molecule has 0 atom stereocenters. The van der Waals surface area contributed by atoms with E-state index in [1.807, 2.05) is 0 Å². The second-order valence-corrected chi connectivity index (χ2v) is 7.55. The van der Waals surface area contributed by atoms with Gasteiger partial charge in [-0.2, -0.15) is 0 Å². The standard InChI is InChI=1S/C28H23FN2O5/c1-34-25-13-7-5-11-22(25)30-27(32)20(28(33)31-23-12-6-8-14-26(23)35-2)17-18-15-16-24(36-18)19-9-3-4-10-21(19)29/h3-17H,1-2H3,(H,30,32)(H,31,33). The maximum atomic E-state index is 14.2. The second-order valence-electron chi connectivity index (χ2n) is 7.55. The number of para-hydroxylation sites is 4. The summed E-state index contributed by atoms with van der Waals surface area (Å²) in [5.41, 5.74) is 0.775. The monoisotopic (exact) mass is 486 g/mol. The van der Waals surface area contributed by atoms with Crippen molar-refractivity contribution in [2.45, 2.75) is 0 Å². The van der Waals surface area contributed by atoms with Gasteiger partial charge in [0.25, 0.3) is 11.8 Å². The SMILES string of the molecule is COc1ccccc1NC(=O)C(=Cc1ccc(-c2ccccc2F)o1)C(=O)Nc1ccccc1OC. The van der Waals surface area contributed by atoms with Gasteiger partial charge in [0.2, 0.25) is 0 Å². The van der Waals surface area contributed by atoms with E-state index in [1.54, 1.807) is 78.9 Å². The van der Waals surface area contributed by atoms with Crippen LogP contribution in [0, 0.1) is 5.82 Å². The van der Waals surface area contributed by atoms with Crippen molar-refractivity contribution in [3.63, 3.8) is 0 Å². The highest BCUT2D eigenvalue weighted by molar-refractivity contribution is 6.29. The third-order valence-corrected chi connectivity index (χ3v) is 5.25. The van der Waals surface area contributed by atoms with Gasteiger partial charge in [-0.25, -0.2) is 4.39 Å². The highest BCUT2D eigenvalue weighted by atomic mass is 19.1. The third-order valence-electron chi connectivity index (χ3n) is 5.25. The number of ether oxygens (including phenoxy) is 2. The summed E-state index contributed by atoms with van der Waals surface area (Å²) in [6, 6.07) is 22.9. The lowest BCUT2D eigenvalue weighted by Gasteiger charge is -2.13. The van der Waals surface area contributed by atoms with Gasteiger partial charge in [-0.15, -0.1) is 0 Å². The van der Waals surface area contributed by atoms with Crippen LogP contribution in [0.2, 0.25) is 0 Å². The van der Waals surface area contributed by atoms with E-state index in [0.717, 1.165) is 0 Å². The Morgan fingerprint density at radius 1 is 0.750 bits per heavy atom. The van der Waals surface area contributed by atoms with E-state index >= 15 is 0 Å². The molecule has 0 saturated heterocycles. The fraction of sp³-hybridized carbons (Fsp3) is 0.0714. The van der Waals surface area contributed by atoms with E-state index in [2.05, 4.69) is 10.6 Å². The number of carbonyl (C=O) groups is 2. The summed E-state index contributed by atoms with van der Waals surface area (Å²) in [6.07, 6.45) is 1.29. The molecule has 0 aliphatic rings. The van der Waals surface area contributed by atoms with Crippen LogP contribution in [-0.4, -0.2) is 26.0 Å². The van der Waals surface area contributed by atoms with Gasteiger partial charge in [-0.3, -0.25) is 9.59 Å². The number of benzene rings is 3. The topological polar surface area (TPSA) is 89.8 Å². The Morgan fingerprint density at radius 3 is 1.83 bits per heavy atom. The number of hydrogen-bond acceptors (Lipinski definition) is 5. The number of carbonyl (C=O) groups excluding carboxylic acids is 2. The van der Waals surface area contributed by atoms with Crippen molar-refractivity contribution in [1.82, 2.24) is 0 Å². The van der Waals surface area contributed by atoms with Gasteiger partial charge >= 0.3 is 0 Å². The second kappa shape index (κ2) is 11.1. The van der Waals surface area contributed by atoms with Crippen molar-refractivity contribution >= 4 is 29.3 Å². The summed E-state index contributed by atoms with van der Waals surface area (Å²) in [7, 11) is 2.95. The highest BCUT2D eigenvalue weighted by Crippen LogP contribution is 2.28. The van der Waals surface area contributed by atoms with Gasteiger partial charge in [-0.1, -0.05) is 36.4 Å². The number of rotatable bonds is 8. The molecule has 4 rings (SSSR count). The Labute approximate surface area is 207 Å². The van der Waals surface area contributed by atoms with Gasteiger partial charge in [0.05, 0.1) is 31.2 Å². The van der Waals surface area contributed by atoms with Gasteiger partial charge in [0.15, 0.2) is 0 Å². The van der Waals surface area contributed by atoms with Gasteiger partial charge in [0.1, 0.15) is 34.4 Å². The van der Waals surface area contributed by atoms with Crippen molar-refractivity contribution in [1.29, 1.82) is 0 Å². The Morgan fingerprint density at radius 2 is 1.28 bits per heavy atom. The number of halogens is 1. The van der Waals surface area contributed by atoms with E-state index in [4.69, 9.17) is 13.9 Å². The molecule has 7 nitrogen and oxygen atoms in total. The van der Waals surface area contributed by atoms with Crippen LogP contribution in [0.1, 0.15) is 5.76 Å². The van der Waals surface area contributed by atoms with Crippen molar-refractivity contribution in [2.75, 3.05) is 24.9 Å². The first-order valence-corrected chi connectivity index (χ1v) is 11.0. The van der Waals surface area contributed by atoms with E-state index in [1.165, 1.54) is 26.4 Å². The molecule has 182 valence electrons. The Kier molecular flexibility index (Phi) is 7.45. The molecule has 0 saturated carbocycles. The molecule has 0 radical (unpaired) electrons. The van der Waals surface area contributed by atoms with Gasteiger partial charge in [0, 0.05) is 0 Å². The number of anilines is 2. The van der Waals surface area contributed by atoms with E-state index in [0.29, 0.717) is 22.9 Å². The van der Waals surface area contributed by atoms with Crippen LogP contribution >= 0.6 is 0 Å². The lowest BCUT2D eigenvalue weighted by molar-refractivity contribution is -0.118. The zero-order valence-corrected chi connectivity index (χ0v) is 19.6. The number of methoxy groups -OCH3 is 2. The molecule has 0 spiro atoms. The molecular weight excluding hydrogens is 463 g/mol. The quantitative estimate of drug-likeness (QED) is 0.188. The van der Waals surface area contributed by atoms with Crippen LogP contribution in [0.25, 0.3) is 17.4 Å².